The molecule has 5 nitrogen and oxygen atoms in total. The third-order valence-corrected chi connectivity index (χ3v) is 3.25. The largest absolute Gasteiger partial charge is 0.324 e. The molecule has 0 fully saturated rings. The van der Waals surface area contributed by atoms with E-state index in [0.29, 0.717) is 0 Å². The number of carbonyl (C=O) groups is 3. The molecule has 0 aliphatic heterocycles. The summed E-state index contributed by atoms with van der Waals surface area (Å²) < 4.78 is 13.9. The fraction of sp³-hybridized carbons (Fsp3) is 0.118. The van der Waals surface area contributed by atoms with Crippen LogP contribution in [0.15, 0.2) is 42.5 Å². The van der Waals surface area contributed by atoms with Crippen LogP contribution in [-0.4, -0.2) is 24.0 Å². The third-order valence-electron chi connectivity index (χ3n) is 3.25. The molecule has 0 spiro atoms. The summed E-state index contributed by atoms with van der Waals surface area (Å²) in [6.45, 7) is 1.09. The topological polar surface area (TPSA) is 89.3 Å². The number of hydrogen-bond acceptors (Lipinski definition) is 4. The number of nitrogens with one attached hydrogen (secondary N) is 1. The highest BCUT2D eigenvalue weighted by Gasteiger charge is 2.19. The smallest absolute Gasteiger partial charge is 0.238 e. The van der Waals surface area contributed by atoms with Gasteiger partial charge in [-0.25, -0.2) is 4.39 Å². The molecule has 3 N–H and O–H groups in total. The highest BCUT2D eigenvalue weighted by atomic mass is 19.1. The lowest BCUT2D eigenvalue weighted by Gasteiger charge is -2.12. The van der Waals surface area contributed by atoms with Crippen molar-refractivity contribution in [3.8, 4) is 0 Å². The number of hydrogen-bond donors (Lipinski definition) is 2. The van der Waals surface area contributed by atoms with Gasteiger partial charge in [-0.3, -0.25) is 14.4 Å². The van der Waals surface area contributed by atoms with Crippen molar-refractivity contribution in [3.05, 3.63) is 65.0 Å². The molecule has 118 valence electrons. The predicted octanol–water partition coefficient (Wildman–Crippen LogP) is 2.16. The number of benzene rings is 2. The Kier molecular flexibility index (Phi) is 4.98. The molecule has 0 aromatic heterocycles. The number of carbonyl (C=O) groups excluding carboxylic acids is 3. The van der Waals surface area contributed by atoms with Crippen LogP contribution in [-0.2, 0) is 4.79 Å². The third kappa shape index (κ3) is 3.67. The summed E-state index contributed by atoms with van der Waals surface area (Å²) >= 11 is 0. The molecule has 2 aromatic carbocycles. The summed E-state index contributed by atoms with van der Waals surface area (Å²) in [5.41, 5.74) is 5.60. The quantitative estimate of drug-likeness (QED) is 0.828. The lowest BCUT2D eigenvalue weighted by atomic mass is 9.98. The minimum atomic E-state index is -0.679. The van der Waals surface area contributed by atoms with Crippen LogP contribution in [0.3, 0.4) is 0 Å². The molecule has 6 heteroatoms. The Morgan fingerprint density at radius 2 is 1.78 bits per heavy atom. The Balaban J connectivity index is 2.55. The maximum Gasteiger partial charge on any atom is 0.238 e. The molecule has 2 rings (SSSR count). The van der Waals surface area contributed by atoms with Gasteiger partial charge in [0.1, 0.15) is 5.82 Å². The van der Waals surface area contributed by atoms with E-state index in [-0.39, 0.29) is 34.7 Å². The van der Waals surface area contributed by atoms with Crippen LogP contribution in [0.1, 0.15) is 33.2 Å². The maximum atomic E-state index is 13.9. The Hall–Kier alpha value is -2.86. The Bertz CT molecular complexity index is 787. The average Bonchev–Trinajstić information content (AvgIpc) is 2.54. The number of rotatable bonds is 5. The van der Waals surface area contributed by atoms with E-state index >= 15 is 0 Å². The molecule has 0 heterocycles. The van der Waals surface area contributed by atoms with Crippen molar-refractivity contribution < 1.29 is 18.8 Å². The zero-order chi connectivity index (χ0) is 17.0. The van der Waals surface area contributed by atoms with Crippen LogP contribution >= 0.6 is 0 Å². The molecule has 0 aliphatic carbocycles. The number of anilines is 1. The highest BCUT2D eigenvalue weighted by molar-refractivity contribution is 6.15. The van der Waals surface area contributed by atoms with Gasteiger partial charge >= 0.3 is 0 Å². The Labute approximate surface area is 132 Å². The zero-order valence-electron chi connectivity index (χ0n) is 12.4. The molecule has 0 atom stereocenters. The van der Waals surface area contributed by atoms with Crippen LogP contribution in [0.2, 0.25) is 0 Å². The van der Waals surface area contributed by atoms with Gasteiger partial charge in [-0.15, -0.1) is 0 Å². The van der Waals surface area contributed by atoms with Gasteiger partial charge in [0.15, 0.2) is 11.6 Å². The van der Waals surface area contributed by atoms with Gasteiger partial charge < -0.3 is 11.1 Å². The average molecular weight is 314 g/mol. The van der Waals surface area contributed by atoms with E-state index in [1.165, 1.54) is 49.4 Å². The summed E-state index contributed by atoms with van der Waals surface area (Å²) in [6, 6.07) is 9.75. The van der Waals surface area contributed by atoms with E-state index in [1.807, 2.05) is 0 Å². The van der Waals surface area contributed by atoms with E-state index in [4.69, 9.17) is 5.73 Å². The molecule has 0 aliphatic rings. The number of halogens is 1. The molecule has 0 saturated heterocycles. The summed E-state index contributed by atoms with van der Waals surface area (Å²) in [6.07, 6.45) is 0. The van der Waals surface area contributed by atoms with E-state index in [0.717, 1.165) is 0 Å². The first-order valence-electron chi connectivity index (χ1n) is 6.88. The normalized spacial score (nSPS) is 10.2. The van der Waals surface area contributed by atoms with Gasteiger partial charge in [-0.2, -0.15) is 0 Å². The standard InChI is InChI=1S/C17H15FN2O3/c1-10(21)11-6-7-15(20-16(22)9-19)13(8-11)17(23)12-4-2-3-5-14(12)18/h2-8H,9,19H2,1H3,(H,20,22). The fourth-order valence-corrected chi connectivity index (χ4v) is 2.05. The Morgan fingerprint density at radius 1 is 1.09 bits per heavy atom. The van der Waals surface area contributed by atoms with Gasteiger partial charge in [0.05, 0.1) is 17.8 Å². The number of ketones is 2. The van der Waals surface area contributed by atoms with Crippen molar-refractivity contribution in [1.29, 1.82) is 0 Å². The summed E-state index contributed by atoms with van der Waals surface area (Å²) in [7, 11) is 0. The van der Waals surface area contributed by atoms with Crippen molar-refractivity contribution in [2.24, 2.45) is 5.73 Å². The van der Waals surface area contributed by atoms with Crippen molar-refractivity contribution >= 4 is 23.2 Å². The Morgan fingerprint density at radius 3 is 2.39 bits per heavy atom. The van der Waals surface area contributed by atoms with Gasteiger partial charge in [-0.1, -0.05) is 12.1 Å². The molecule has 2 aromatic rings. The number of Topliss-reactive ketones (excluding diaryl/α,β-unsaturated/α-hetero) is 1. The monoisotopic (exact) mass is 314 g/mol. The predicted molar refractivity (Wildman–Crippen MR) is 84.0 cm³/mol. The lowest BCUT2D eigenvalue weighted by Crippen LogP contribution is -2.23. The van der Waals surface area contributed by atoms with Crippen LogP contribution in [0.4, 0.5) is 10.1 Å². The van der Waals surface area contributed by atoms with Crippen molar-refractivity contribution in [3.63, 3.8) is 0 Å². The highest BCUT2D eigenvalue weighted by Crippen LogP contribution is 2.23. The van der Waals surface area contributed by atoms with Gasteiger partial charge in [0, 0.05) is 11.1 Å². The second-order valence-corrected chi connectivity index (χ2v) is 4.88. The lowest BCUT2D eigenvalue weighted by molar-refractivity contribution is -0.114. The van der Waals surface area contributed by atoms with Crippen LogP contribution in [0, 0.1) is 5.82 Å². The second-order valence-electron chi connectivity index (χ2n) is 4.88. The molecule has 0 unspecified atom stereocenters. The molecule has 1 amide bonds. The summed E-state index contributed by atoms with van der Waals surface area (Å²) in [5, 5.41) is 2.48. The molecule has 23 heavy (non-hydrogen) atoms. The first-order valence-corrected chi connectivity index (χ1v) is 6.88. The summed E-state index contributed by atoms with van der Waals surface area (Å²) in [4.78, 5) is 35.6. The molecular weight excluding hydrogens is 299 g/mol. The SMILES string of the molecule is CC(=O)c1ccc(NC(=O)CN)c(C(=O)c2ccccc2F)c1. The first kappa shape index (κ1) is 16.5. The van der Waals surface area contributed by atoms with Crippen LogP contribution in [0.25, 0.3) is 0 Å². The van der Waals surface area contributed by atoms with Crippen molar-refractivity contribution in [1.82, 2.24) is 0 Å². The molecule has 0 radical (unpaired) electrons. The summed E-state index contributed by atoms with van der Waals surface area (Å²) in [5.74, 6) is -2.05. The fourth-order valence-electron chi connectivity index (χ4n) is 2.05. The van der Waals surface area contributed by atoms with Gasteiger partial charge in [0.2, 0.25) is 5.91 Å². The van der Waals surface area contributed by atoms with Crippen molar-refractivity contribution in [2.75, 3.05) is 11.9 Å². The van der Waals surface area contributed by atoms with E-state index in [9.17, 15) is 18.8 Å². The van der Waals surface area contributed by atoms with Gasteiger partial charge in [-0.05, 0) is 37.3 Å². The minimum absolute atomic E-state index is 0.0320. The number of nitrogens with two attached hydrogens (primary N) is 1. The molecular formula is C17H15FN2O3. The first-order chi connectivity index (χ1) is 10.9. The van der Waals surface area contributed by atoms with Crippen LogP contribution in [0.5, 0.6) is 0 Å². The van der Waals surface area contributed by atoms with Gasteiger partial charge in [0.25, 0.3) is 0 Å². The van der Waals surface area contributed by atoms with Crippen LogP contribution < -0.4 is 11.1 Å². The number of amides is 1. The zero-order valence-corrected chi connectivity index (χ0v) is 12.4. The maximum absolute atomic E-state index is 13.9. The second kappa shape index (κ2) is 6.93. The van der Waals surface area contributed by atoms with Crippen molar-refractivity contribution in [2.45, 2.75) is 6.92 Å². The molecule has 0 saturated carbocycles. The van der Waals surface area contributed by atoms with E-state index in [2.05, 4.69) is 5.32 Å². The van der Waals surface area contributed by atoms with E-state index < -0.39 is 17.5 Å². The van der Waals surface area contributed by atoms with E-state index in [1.54, 1.807) is 0 Å². The minimum Gasteiger partial charge on any atom is -0.324 e. The molecule has 0 bridgehead atoms.